The number of unbranched alkanes of at least 4 members (excludes halogenated alkanes) is 13. The minimum atomic E-state index is -2.08. The molecule has 26 heavy (non-hydrogen) atoms. The molecule has 0 bridgehead atoms. The van der Waals surface area contributed by atoms with Crippen LogP contribution in [0, 0.1) is 0 Å². The van der Waals surface area contributed by atoms with Gasteiger partial charge in [-0.2, -0.15) is 0 Å². The fourth-order valence-corrected chi connectivity index (χ4v) is 2.75. The monoisotopic (exact) mass is 372 g/mol. The molecule has 0 aliphatic rings. The third-order valence-electron chi connectivity index (χ3n) is 4.58. The number of rotatable bonds is 15. The molecule has 0 aliphatic heterocycles. The van der Waals surface area contributed by atoms with Crippen molar-refractivity contribution in [3.8, 4) is 0 Å². The molecule has 5 nitrogen and oxygen atoms in total. The molecule has 0 aromatic carbocycles. The Hall–Kier alpha value is -1.26. The zero-order valence-electron chi connectivity index (χ0n) is 17.8. The molecule has 156 valence electrons. The van der Waals surface area contributed by atoms with Gasteiger partial charge in [-0.3, -0.25) is 9.89 Å². The zero-order valence-corrected chi connectivity index (χ0v) is 17.8. The highest BCUT2D eigenvalue weighted by Gasteiger charge is 1.98. The smallest absolute Gasteiger partial charge is 0.249 e. The normalized spacial score (nSPS) is 10.0. The van der Waals surface area contributed by atoms with Gasteiger partial charge in [-0.1, -0.05) is 84.0 Å². The number of nitrogens with one attached hydrogen (secondary N) is 1. The highest BCUT2D eigenvalue weighted by molar-refractivity contribution is 5.74. The van der Waals surface area contributed by atoms with E-state index in [9.17, 15) is 0 Å². The second-order valence-corrected chi connectivity index (χ2v) is 7.27. The first-order valence-corrected chi connectivity index (χ1v) is 10.6. The first kappa shape index (κ1) is 27.0. The molecule has 0 rings (SSSR count). The van der Waals surface area contributed by atoms with Gasteiger partial charge < -0.3 is 15.0 Å². The van der Waals surface area contributed by atoms with Gasteiger partial charge in [-0.25, -0.2) is 0 Å². The average Bonchev–Trinajstić information content (AvgIpc) is 2.57. The molecule has 0 aromatic rings. The molecule has 0 fully saturated rings. The maximum absolute atomic E-state index is 8.44. The second kappa shape index (κ2) is 21.8. The zero-order chi connectivity index (χ0) is 20.0. The molecular weight excluding hydrogens is 328 g/mol. The fraction of sp³-hybridized carbons (Fsp3) is 0.905. The van der Waals surface area contributed by atoms with Crippen LogP contribution in [0.15, 0.2) is 0 Å². The third-order valence-corrected chi connectivity index (χ3v) is 4.58. The van der Waals surface area contributed by atoms with E-state index < -0.39 is 6.16 Å². The van der Waals surface area contributed by atoms with Crippen molar-refractivity contribution in [1.29, 1.82) is 0 Å². The van der Waals surface area contributed by atoms with Crippen LogP contribution in [0.2, 0.25) is 0 Å². The number of carbonyl (C=O) groups is 1. The number of hydrogen-bond donors (Lipinski definition) is 2. The molecule has 0 saturated carbocycles. The van der Waals surface area contributed by atoms with Crippen LogP contribution in [0.4, 0.5) is 4.79 Å². The van der Waals surface area contributed by atoms with Crippen molar-refractivity contribution in [2.45, 2.75) is 104 Å². The molecule has 0 heterocycles. The quantitative estimate of drug-likeness (QED) is 0.190. The lowest BCUT2D eigenvalue weighted by molar-refractivity contribution is -0.467. The van der Waals surface area contributed by atoms with Crippen molar-refractivity contribution < 1.29 is 19.6 Å². The summed E-state index contributed by atoms with van der Waals surface area (Å²) >= 11 is 0. The maximum atomic E-state index is 8.44. The molecule has 0 unspecified atom stereocenters. The lowest BCUT2D eigenvalue weighted by Crippen LogP contribution is -2.28. The first-order valence-electron chi connectivity index (χ1n) is 10.6. The van der Waals surface area contributed by atoms with Crippen molar-refractivity contribution in [3.63, 3.8) is 0 Å². The number of hydrogen-bond acceptors (Lipinski definition) is 2. The van der Waals surface area contributed by atoms with Crippen LogP contribution in [0.25, 0.3) is 0 Å². The van der Waals surface area contributed by atoms with Gasteiger partial charge in [0.25, 0.3) is 0 Å². The van der Waals surface area contributed by atoms with Crippen LogP contribution >= 0.6 is 0 Å². The van der Waals surface area contributed by atoms with Crippen LogP contribution in [-0.2, 0) is 0 Å². The van der Waals surface area contributed by atoms with Gasteiger partial charge in [-0.15, -0.1) is 0 Å². The maximum Gasteiger partial charge on any atom is 0.249 e. The molecule has 0 aromatic heterocycles. The van der Waals surface area contributed by atoms with Crippen LogP contribution in [0.3, 0.4) is 0 Å². The molecule has 0 atom stereocenters. The Kier molecular flexibility index (Phi) is 22.6. The van der Waals surface area contributed by atoms with E-state index in [1.165, 1.54) is 95.7 Å². The summed E-state index contributed by atoms with van der Waals surface area (Å²) in [4.78, 5) is 8.44. The van der Waals surface area contributed by atoms with Gasteiger partial charge in [-0.05, 0) is 12.8 Å². The van der Waals surface area contributed by atoms with Crippen molar-refractivity contribution in [3.05, 3.63) is 0 Å². The largest absolute Gasteiger partial charge is 0.565 e. The predicted molar refractivity (Wildman–Crippen MR) is 109 cm³/mol. The van der Waals surface area contributed by atoms with Gasteiger partial charge in [0.15, 0.2) is 0 Å². The second-order valence-electron chi connectivity index (χ2n) is 7.27. The van der Waals surface area contributed by atoms with Crippen LogP contribution in [0.1, 0.15) is 104 Å². The molecule has 2 N–H and O–H groups in total. The molecular formula is C21H44N2O3. The summed E-state index contributed by atoms with van der Waals surface area (Å²) < 4.78 is 2.14. The van der Waals surface area contributed by atoms with Crippen molar-refractivity contribution in [1.82, 2.24) is 5.32 Å². The summed E-state index contributed by atoms with van der Waals surface area (Å²) in [6.07, 6.45) is 18.0. The van der Waals surface area contributed by atoms with E-state index in [-0.39, 0.29) is 0 Å². The highest BCUT2D eigenvalue weighted by atomic mass is 16.6. The van der Waals surface area contributed by atoms with E-state index in [1.54, 1.807) is 0 Å². The highest BCUT2D eigenvalue weighted by Crippen LogP contribution is 2.12. The number of nitrogens with zero attached hydrogens (tertiary/aromatic N) is 1. The Labute approximate surface area is 161 Å². The summed E-state index contributed by atoms with van der Waals surface area (Å²) in [6.45, 7) is 5.56. The Morgan fingerprint density at radius 3 is 1.42 bits per heavy atom. The lowest BCUT2D eigenvalue weighted by Gasteiger charge is -2.04. The Bertz CT molecular complexity index is 336. The average molecular weight is 373 g/mol. The van der Waals surface area contributed by atoms with E-state index in [1.807, 2.05) is 0 Å². The molecule has 0 spiro atoms. The Morgan fingerprint density at radius 1 is 0.808 bits per heavy atom. The molecule has 0 aliphatic carbocycles. The van der Waals surface area contributed by atoms with Crippen molar-refractivity contribution in [2.24, 2.45) is 0 Å². The van der Waals surface area contributed by atoms with Gasteiger partial charge in [0.05, 0.1) is 20.6 Å². The SMILES string of the molecule is CCCCCCCCCCCCCCCCNC(C)=[N+](C)C.O=C([O-])O. The minimum Gasteiger partial charge on any atom is -0.565 e. The summed E-state index contributed by atoms with van der Waals surface area (Å²) in [6, 6.07) is 0. The van der Waals surface area contributed by atoms with Crippen LogP contribution in [-0.4, -0.2) is 42.3 Å². The molecule has 0 saturated heterocycles. The minimum absolute atomic E-state index is 1.13. The van der Waals surface area contributed by atoms with Gasteiger partial charge in [0.1, 0.15) is 0 Å². The van der Waals surface area contributed by atoms with Crippen molar-refractivity contribution >= 4 is 12.0 Å². The van der Waals surface area contributed by atoms with Crippen LogP contribution < -0.4 is 10.4 Å². The number of amidine groups is 1. The van der Waals surface area contributed by atoms with Crippen LogP contribution in [0.5, 0.6) is 0 Å². The predicted octanol–water partition coefficient (Wildman–Crippen LogP) is 4.64. The Morgan fingerprint density at radius 2 is 1.12 bits per heavy atom. The van der Waals surface area contributed by atoms with Gasteiger partial charge >= 0.3 is 0 Å². The topological polar surface area (TPSA) is 75.4 Å². The third kappa shape index (κ3) is 27.6. The van der Waals surface area contributed by atoms with Gasteiger partial charge in [0, 0.05) is 6.92 Å². The van der Waals surface area contributed by atoms with E-state index in [4.69, 9.17) is 15.0 Å². The van der Waals surface area contributed by atoms with E-state index in [0.29, 0.717) is 0 Å². The summed E-state index contributed by atoms with van der Waals surface area (Å²) in [7, 11) is 4.18. The number of carboxylic acid groups (broad SMARTS) is 2. The van der Waals surface area contributed by atoms with E-state index >= 15 is 0 Å². The van der Waals surface area contributed by atoms with Gasteiger partial charge in [0.2, 0.25) is 12.0 Å². The fourth-order valence-electron chi connectivity index (χ4n) is 2.75. The summed E-state index contributed by atoms with van der Waals surface area (Å²) in [5, 5.41) is 18.8. The summed E-state index contributed by atoms with van der Waals surface area (Å²) in [5.41, 5.74) is 0. The molecule has 5 heteroatoms. The summed E-state index contributed by atoms with van der Waals surface area (Å²) in [5.74, 6) is 1.27. The van der Waals surface area contributed by atoms with E-state index in [0.717, 1.165) is 6.54 Å². The molecule has 0 amide bonds. The van der Waals surface area contributed by atoms with E-state index in [2.05, 4.69) is 37.8 Å². The molecule has 0 radical (unpaired) electrons. The Balaban J connectivity index is 0. The lowest BCUT2D eigenvalue weighted by atomic mass is 10.0. The standard InChI is InChI=1S/C20H42N2.CH2O3/c1-5-6-7-8-9-10-11-12-13-14-15-16-17-18-19-21-20(2)22(3)4;2-1(3)4/h5-19H2,1-4H3;(H2,2,3,4). The first-order chi connectivity index (χ1) is 12.4. The van der Waals surface area contributed by atoms with Crippen molar-refractivity contribution in [2.75, 3.05) is 20.6 Å².